The minimum absolute atomic E-state index is 0.0853. The fourth-order valence-electron chi connectivity index (χ4n) is 1.77. The number of rotatable bonds is 3. The van der Waals surface area contributed by atoms with Crippen molar-refractivity contribution < 1.29 is 14.6 Å². The molecule has 5 nitrogen and oxygen atoms in total. The van der Waals surface area contributed by atoms with E-state index in [-0.39, 0.29) is 19.3 Å². The Morgan fingerprint density at radius 2 is 2.33 bits per heavy atom. The highest BCUT2D eigenvalue weighted by Gasteiger charge is 2.25. The van der Waals surface area contributed by atoms with Crippen molar-refractivity contribution in [2.75, 3.05) is 40.4 Å². The number of likely N-dealkylation sites (N-methyl/N-ethyl adjacent to an activating group) is 1. The first-order valence-electron chi connectivity index (χ1n) is 5.34. The van der Waals surface area contributed by atoms with E-state index in [1.807, 2.05) is 14.1 Å². The quantitative estimate of drug-likeness (QED) is 0.729. The van der Waals surface area contributed by atoms with E-state index in [1.165, 1.54) is 0 Å². The van der Waals surface area contributed by atoms with Crippen LogP contribution in [0.15, 0.2) is 0 Å². The number of likely N-dealkylation sites (tertiary alicyclic amines) is 1. The third kappa shape index (κ3) is 3.68. The largest absolute Gasteiger partial charge is 0.447 e. The van der Waals surface area contributed by atoms with Crippen molar-refractivity contribution in [1.82, 2.24) is 9.80 Å². The average Bonchev–Trinajstić information content (AvgIpc) is 2.26. The van der Waals surface area contributed by atoms with Crippen LogP contribution < -0.4 is 0 Å². The predicted molar refractivity (Wildman–Crippen MR) is 56.7 cm³/mol. The lowest BCUT2D eigenvalue weighted by molar-refractivity contribution is 0.0640. The van der Waals surface area contributed by atoms with E-state index < -0.39 is 0 Å². The Morgan fingerprint density at radius 1 is 1.60 bits per heavy atom. The van der Waals surface area contributed by atoms with Crippen LogP contribution in [0.4, 0.5) is 4.79 Å². The number of amides is 1. The third-order valence-corrected chi connectivity index (χ3v) is 2.70. The van der Waals surface area contributed by atoms with E-state index in [0.29, 0.717) is 6.04 Å². The Morgan fingerprint density at radius 3 is 2.93 bits per heavy atom. The van der Waals surface area contributed by atoms with Gasteiger partial charge in [-0.3, -0.25) is 0 Å². The molecule has 0 bridgehead atoms. The standard InChI is InChI=1S/C10H20N2O3/c1-11(2)9-4-3-5-12(8-9)10(14)15-7-6-13/h9,13H,3-8H2,1-2H3. The molecule has 0 spiro atoms. The van der Waals surface area contributed by atoms with Crippen molar-refractivity contribution in [3.63, 3.8) is 0 Å². The summed E-state index contributed by atoms with van der Waals surface area (Å²) in [6.45, 7) is 1.45. The number of carbonyl (C=O) groups excluding carboxylic acids is 1. The monoisotopic (exact) mass is 216 g/mol. The van der Waals surface area contributed by atoms with E-state index in [2.05, 4.69) is 4.90 Å². The van der Waals surface area contributed by atoms with Crippen molar-refractivity contribution in [3.8, 4) is 0 Å². The van der Waals surface area contributed by atoms with Gasteiger partial charge in [0.05, 0.1) is 6.61 Å². The molecule has 0 saturated carbocycles. The molecule has 1 unspecified atom stereocenters. The molecule has 1 rings (SSSR count). The van der Waals surface area contributed by atoms with Gasteiger partial charge in [0.2, 0.25) is 0 Å². The van der Waals surface area contributed by atoms with Crippen LogP contribution in [0.2, 0.25) is 0 Å². The lowest BCUT2D eigenvalue weighted by atomic mass is 10.1. The summed E-state index contributed by atoms with van der Waals surface area (Å²) in [7, 11) is 4.04. The van der Waals surface area contributed by atoms with E-state index in [9.17, 15) is 4.79 Å². The van der Waals surface area contributed by atoms with Crippen LogP contribution >= 0.6 is 0 Å². The molecule has 1 aliphatic rings. The Balaban J connectivity index is 2.38. The fourth-order valence-corrected chi connectivity index (χ4v) is 1.77. The highest BCUT2D eigenvalue weighted by atomic mass is 16.6. The molecule has 15 heavy (non-hydrogen) atoms. The van der Waals surface area contributed by atoms with E-state index >= 15 is 0 Å². The molecule has 1 heterocycles. The average molecular weight is 216 g/mol. The number of aliphatic hydroxyl groups is 1. The third-order valence-electron chi connectivity index (χ3n) is 2.70. The summed E-state index contributed by atoms with van der Waals surface area (Å²) in [5.74, 6) is 0. The Kier molecular flexibility index (Phi) is 4.84. The zero-order chi connectivity index (χ0) is 11.3. The minimum atomic E-state index is -0.310. The normalized spacial score (nSPS) is 21.9. The maximum Gasteiger partial charge on any atom is 0.409 e. The van der Waals surface area contributed by atoms with Gasteiger partial charge >= 0.3 is 6.09 Å². The van der Waals surface area contributed by atoms with Gasteiger partial charge in [-0.1, -0.05) is 0 Å². The van der Waals surface area contributed by atoms with Gasteiger partial charge in [0.1, 0.15) is 6.61 Å². The zero-order valence-electron chi connectivity index (χ0n) is 9.48. The fraction of sp³-hybridized carbons (Fsp3) is 0.900. The first-order chi connectivity index (χ1) is 7.15. The van der Waals surface area contributed by atoms with Crippen LogP contribution in [-0.2, 0) is 4.74 Å². The smallest absolute Gasteiger partial charge is 0.409 e. The van der Waals surface area contributed by atoms with Gasteiger partial charge in [-0.2, -0.15) is 0 Å². The molecule has 1 atom stereocenters. The van der Waals surface area contributed by atoms with Crippen molar-refractivity contribution in [2.24, 2.45) is 0 Å². The van der Waals surface area contributed by atoms with Crippen LogP contribution in [0.5, 0.6) is 0 Å². The van der Waals surface area contributed by atoms with Crippen LogP contribution in [0.3, 0.4) is 0 Å². The van der Waals surface area contributed by atoms with Crippen molar-refractivity contribution in [2.45, 2.75) is 18.9 Å². The predicted octanol–water partition coefficient (Wildman–Crippen LogP) is 0.141. The van der Waals surface area contributed by atoms with Gasteiger partial charge in [-0.15, -0.1) is 0 Å². The van der Waals surface area contributed by atoms with Crippen LogP contribution in [0.25, 0.3) is 0 Å². The van der Waals surface area contributed by atoms with Crippen molar-refractivity contribution >= 4 is 6.09 Å². The van der Waals surface area contributed by atoms with Gasteiger partial charge in [0.15, 0.2) is 0 Å². The van der Waals surface area contributed by atoms with Crippen molar-refractivity contribution in [1.29, 1.82) is 0 Å². The molecule has 0 aromatic heterocycles. The number of ether oxygens (including phenoxy) is 1. The first-order valence-corrected chi connectivity index (χ1v) is 5.34. The highest BCUT2D eigenvalue weighted by Crippen LogP contribution is 2.14. The molecule has 0 aliphatic carbocycles. The number of carbonyl (C=O) groups is 1. The Labute approximate surface area is 90.6 Å². The molecule has 1 saturated heterocycles. The van der Waals surface area contributed by atoms with Crippen LogP contribution in [0, 0.1) is 0 Å². The number of aliphatic hydroxyl groups excluding tert-OH is 1. The number of piperidine rings is 1. The van der Waals surface area contributed by atoms with Gasteiger partial charge < -0.3 is 19.6 Å². The van der Waals surface area contributed by atoms with Gasteiger partial charge in [0, 0.05) is 19.1 Å². The maximum absolute atomic E-state index is 11.5. The lowest BCUT2D eigenvalue weighted by Crippen LogP contribution is -2.47. The van der Waals surface area contributed by atoms with Crippen molar-refractivity contribution in [3.05, 3.63) is 0 Å². The minimum Gasteiger partial charge on any atom is -0.447 e. The molecular formula is C10H20N2O3. The molecule has 5 heteroatoms. The number of hydrogen-bond donors (Lipinski definition) is 1. The molecule has 0 aromatic rings. The van der Waals surface area contributed by atoms with E-state index in [1.54, 1.807) is 4.90 Å². The highest BCUT2D eigenvalue weighted by molar-refractivity contribution is 5.67. The zero-order valence-corrected chi connectivity index (χ0v) is 9.48. The summed E-state index contributed by atoms with van der Waals surface area (Å²) in [6.07, 6.45) is 1.82. The maximum atomic E-state index is 11.5. The van der Waals surface area contributed by atoms with Crippen LogP contribution in [-0.4, -0.2) is 67.4 Å². The summed E-state index contributed by atoms with van der Waals surface area (Å²) in [5.41, 5.74) is 0. The second kappa shape index (κ2) is 5.92. The SMILES string of the molecule is CN(C)C1CCCN(C(=O)OCCO)C1. The number of hydrogen-bond acceptors (Lipinski definition) is 4. The summed E-state index contributed by atoms with van der Waals surface area (Å²) in [5, 5.41) is 8.55. The Hall–Kier alpha value is -0.810. The number of nitrogens with zero attached hydrogens (tertiary/aromatic N) is 2. The molecule has 0 radical (unpaired) electrons. The second-order valence-corrected chi connectivity index (χ2v) is 4.04. The summed E-state index contributed by atoms with van der Waals surface area (Å²) < 4.78 is 4.88. The van der Waals surface area contributed by atoms with Gasteiger partial charge in [0.25, 0.3) is 0 Å². The molecule has 1 aliphatic heterocycles. The second-order valence-electron chi connectivity index (χ2n) is 4.04. The van der Waals surface area contributed by atoms with E-state index in [4.69, 9.17) is 9.84 Å². The topological polar surface area (TPSA) is 53.0 Å². The molecule has 1 N–H and O–H groups in total. The lowest BCUT2D eigenvalue weighted by Gasteiger charge is -2.35. The summed E-state index contributed by atoms with van der Waals surface area (Å²) in [4.78, 5) is 15.3. The molecule has 0 aromatic carbocycles. The molecular weight excluding hydrogens is 196 g/mol. The van der Waals surface area contributed by atoms with E-state index in [0.717, 1.165) is 25.9 Å². The molecule has 1 amide bonds. The molecule has 1 fully saturated rings. The Bertz CT molecular complexity index is 209. The summed E-state index contributed by atoms with van der Waals surface area (Å²) >= 11 is 0. The first kappa shape index (κ1) is 12.3. The van der Waals surface area contributed by atoms with Gasteiger partial charge in [-0.25, -0.2) is 4.79 Å². The van der Waals surface area contributed by atoms with Gasteiger partial charge in [-0.05, 0) is 26.9 Å². The van der Waals surface area contributed by atoms with Crippen LogP contribution in [0.1, 0.15) is 12.8 Å². The molecule has 88 valence electrons. The summed E-state index contributed by atoms with van der Waals surface area (Å²) in [6, 6.07) is 0.417.